The quantitative estimate of drug-likeness (QED) is 0.815. The molecule has 0 unspecified atom stereocenters. The maximum Gasteiger partial charge on any atom is 0.263 e. The topological polar surface area (TPSA) is 45.7 Å². The van der Waals surface area contributed by atoms with Crippen LogP contribution in [-0.2, 0) is 4.79 Å². The van der Waals surface area contributed by atoms with Crippen LogP contribution in [0, 0.1) is 0 Å². The summed E-state index contributed by atoms with van der Waals surface area (Å²) >= 11 is 12.1. The summed E-state index contributed by atoms with van der Waals surface area (Å²) in [6.45, 7) is 4.48. The van der Waals surface area contributed by atoms with Gasteiger partial charge < -0.3 is 14.5 Å². The van der Waals surface area contributed by atoms with Crippen molar-refractivity contribution < 1.29 is 9.53 Å². The molecule has 25 heavy (non-hydrogen) atoms. The molecule has 1 saturated heterocycles. The zero-order chi connectivity index (χ0) is 17.8. The lowest BCUT2D eigenvalue weighted by molar-refractivity contribution is -0.138. The number of hydrogen-bond acceptors (Lipinski definition) is 4. The van der Waals surface area contributed by atoms with E-state index in [1.54, 1.807) is 31.3 Å². The van der Waals surface area contributed by atoms with Crippen molar-refractivity contribution in [3.05, 3.63) is 52.6 Å². The molecule has 0 saturated carbocycles. The van der Waals surface area contributed by atoms with E-state index in [2.05, 4.69) is 9.88 Å². The molecular formula is C18H19Cl2N3O2. The number of aromatic nitrogens is 1. The summed E-state index contributed by atoms with van der Waals surface area (Å²) in [4.78, 5) is 21.0. The molecule has 1 amide bonds. The predicted octanol–water partition coefficient (Wildman–Crippen LogP) is 3.50. The number of ether oxygens (including phenoxy) is 1. The van der Waals surface area contributed by atoms with Gasteiger partial charge in [-0.3, -0.25) is 4.79 Å². The van der Waals surface area contributed by atoms with Crippen LogP contribution in [0.1, 0.15) is 6.92 Å². The fraction of sp³-hybridized carbons (Fsp3) is 0.333. The SMILES string of the molecule is C[C@@H](Oc1cc(Cl)ccc1Cl)C(=O)N1CCN(c2ccccn2)CC1. The van der Waals surface area contributed by atoms with Gasteiger partial charge in [0.1, 0.15) is 11.6 Å². The lowest BCUT2D eigenvalue weighted by Crippen LogP contribution is -2.52. The minimum atomic E-state index is -0.627. The van der Waals surface area contributed by atoms with E-state index in [-0.39, 0.29) is 5.91 Å². The third-order valence-corrected chi connectivity index (χ3v) is 4.66. The van der Waals surface area contributed by atoms with E-state index in [0.29, 0.717) is 28.9 Å². The van der Waals surface area contributed by atoms with E-state index in [0.717, 1.165) is 18.9 Å². The van der Waals surface area contributed by atoms with Crippen LogP contribution >= 0.6 is 23.2 Å². The van der Waals surface area contributed by atoms with Gasteiger partial charge in [0.2, 0.25) is 0 Å². The van der Waals surface area contributed by atoms with Crippen LogP contribution in [0.5, 0.6) is 5.75 Å². The van der Waals surface area contributed by atoms with Gasteiger partial charge in [-0.25, -0.2) is 4.98 Å². The minimum Gasteiger partial charge on any atom is -0.479 e. The van der Waals surface area contributed by atoms with Crippen molar-refractivity contribution in [2.24, 2.45) is 0 Å². The molecular weight excluding hydrogens is 361 g/mol. The lowest BCUT2D eigenvalue weighted by atomic mass is 10.2. The maximum absolute atomic E-state index is 12.6. The molecule has 0 aliphatic carbocycles. The standard InChI is InChI=1S/C18H19Cl2N3O2/c1-13(25-16-12-14(19)5-6-15(16)20)18(24)23-10-8-22(9-11-23)17-4-2-3-7-21-17/h2-7,12-13H,8-11H2,1H3/t13-/m1/s1. The molecule has 0 spiro atoms. The highest BCUT2D eigenvalue weighted by molar-refractivity contribution is 6.34. The fourth-order valence-corrected chi connectivity index (χ4v) is 3.09. The van der Waals surface area contributed by atoms with Crippen LogP contribution in [-0.4, -0.2) is 48.1 Å². The summed E-state index contributed by atoms with van der Waals surface area (Å²) in [5.41, 5.74) is 0. The molecule has 1 atom stereocenters. The van der Waals surface area contributed by atoms with Crippen molar-refractivity contribution in [1.29, 1.82) is 0 Å². The smallest absolute Gasteiger partial charge is 0.263 e. The largest absolute Gasteiger partial charge is 0.479 e. The average Bonchev–Trinajstić information content (AvgIpc) is 2.65. The normalized spacial score (nSPS) is 15.8. The van der Waals surface area contributed by atoms with Gasteiger partial charge in [0.05, 0.1) is 5.02 Å². The van der Waals surface area contributed by atoms with Crippen LogP contribution in [0.2, 0.25) is 10.0 Å². The second kappa shape index (κ2) is 7.93. The highest BCUT2D eigenvalue weighted by Gasteiger charge is 2.26. The first-order valence-corrected chi connectivity index (χ1v) is 8.86. The van der Waals surface area contributed by atoms with Gasteiger partial charge in [0.15, 0.2) is 6.10 Å². The number of anilines is 1. The monoisotopic (exact) mass is 379 g/mol. The molecule has 3 rings (SSSR count). The first-order valence-electron chi connectivity index (χ1n) is 8.11. The number of carbonyl (C=O) groups excluding carboxylic acids is 1. The Balaban J connectivity index is 1.57. The number of carbonyl (C=O) groups is 1. The summed E-state index contributed by atoms with van der Waals surface area (Å²) in [6.07, 6.45) is 1.15. The Kier molecular flexibility index (Phi) is 5.66. The fourth-order valence-electron chi connectivity index (χ4n) is 2.76. The average molecular weight is 380 g/mol. The summed E-state index contributed by atoms with van der Waals surface area (Å²) in [7, 11) is 0. The second-order valence-electron chi connectivity index (χ2n) is 5.84. The molecule has 5 nitrogen and oxygen atoms in total. The minimum absolute atomic E-state index is 0.0586. The van der Waals surface area contributed by atoms with Crippen LogP contribution in [0.15, 0.2) is 42.6 Å². The van der Waals surface area contributed by atoms with Crippen molar-refractivity contribution in [1.82, 2.24) is 9.88 Å². The maximum atomic E-state index is 12.6. The van der Waals surface area contributed by atoms with Gasteiger partial charge in [0, 0.05) is 43.5 Å². The van der Waals surface area contributed by atoms with Crippen molar-refractivity contribution >= 4 is 34.9 Å². The zero-order valence-corrected chi connectivity index (χ0v) is 15.4. The molecule has 2 aromatic rings. The van der Waals surface area contributed by atoms with Crippen LogP contribution < -0.4 is 9.64 Å². The number of amides is 1. The van der Waals surface area contributed by atoms with Crippen molar-refractivity contribution in [3.63, 3.8) is 0 Å². The van der Waals surface area contributed by atoms with E-state index in [9.17, 15) is 4.79 Å². The molecule has 0 radical (unpaired) electrons. The van der Waals surface area contributed by atoms with E-state index in [4.69, 9.17) is 27.9 Å². The molecule has 1 aliphatic heterocycles. The molecule has 1 aromatic heterocycles. The van der Waals surface area contributed by atoms with Gasteiger partial charge in [-0.2, -0.15) is 0 Å². The van der Waals surface area contributed by atoms with E-state index in [1.165, 1.54) is 0 Å². The molecule has 132 valence electrons. The Morgan fingerprint density at radius 1 is 1.16 bits per heavy atom. The molecule has 1 aromatic carbocycles. The van der Waals surface area contributed by atoms with E-state index >= 15 is 0 Å². The number of nitrogens with zero attached hydrogens (tertiary/aromatic N) is 3. The van der Waals surface area contributed by atoms with Gasteiger partial charge in [0.25, 0.3) is 5.91 Å². The highest BCUT2D eigenvalue weighted by Crippen LogP contribution is 2.28. The predicted molar refractivity (Wildman–Crippen MR) is 99.6 cm³/mol. The molecule has 0 N–H and O–H groups in total. The summed E-state index contributed by atoms with van der Waals surface area (Å²) in [6, 6.07) is 10.8. The summed E-state index contributed by atoms with van der Waals surface area (Å²) in [5, 5.41) is 0.951. The first kappa shape index (κ1) is 17.8. The summed E-state index contributed by atoms with van der Waals surface area (Å²) < 4.78 is 5.72. The third kappa shape index (κ3) is 4.35. The molecule has 2 heterocycles. The van der Waals surface area contributed by atoms with Crippen LogP contribution in [0.4, 0.5) is 5.82 Å². The van der Waals surface area contributed by atoms with Crippen LogP contribution in [0.3, 0.4) is 0 Å². The van der Waals surface area contributed by atoms with E-state index in [1.807, 2.05) is 23.1 Å². The number of pyridine rings is 1. The van der Waals surface area contributed by atoms with Crippen molar-refractivity contribution in [2.75, 3.05) is 31.1 Å². The number of halogens is 2. The molecule has 1 fully saturated rings. The van der Waals surface area contributed by atoms with Crippen molar-refractivity contribution in [3.8, 4) is 5.75 Å². The second-order valence-corrected chi connectivity index (χ2v) is 6.68. The Hall–Kier alpha value is -1.98. The number of benzene rings is 1. The van der Waals surface area contributed by atoms with Gasteiger partial charge >= 0.3 is 0 Å². The number of rotatable bonds is 4. The van der Waals surface area contributed by atoms with Crippen molar-refractivity contribution in [2.45, 2.75) is 13.0 Å². The first-order chi connectivity index (χ1) is 12.0. The molecule has 7 heteroatoms. The Morgan fingerprint density at radius 3 is 2.60 bits per heavy atom. The lowest BCUT2D eigenvalue weighted by Gasteiger charge is -2.36. The Morgan fingerprint density at radius 2 is 1.92 bits per heavy atom. The Bertz CT molecular complexity index is 734. The van der Waals surface area contributed by atoms with Gasteiger partial charge in [-0.05, 0) is 31.2 Å². The zero-order valence-electron chi connectivity index (χ0n) is 13.9. The number of hydrogen-bond donors (Lipinski definition) is 0. The Labute approximate surface area is 157 Å². The number of piperazine rings is 1. The van der Waals surface area contributed by atoms with E-state index < -0.39 is 6.10 Å². The highest BCUT2D eigenvalue weighted by atomic mass is 35.5. The van der Waals surface area contributed by atoms with Gasteiger partial charge in [-0.1, -0.05) is 29.3 Å². The summed E-state index contributed by atoms with van der Waals surface area (Å²) in [5.74, 6) is 1.29. The third-order valence-electron chi connectivity index (χ3n) is 4.11. The van der Waals surface area contributed by atoms with Gasteiger partial charge in [-0.15, -0.1) is 0 Å². The molecule has 1 aliphatic rings. The molecule has 0 bridgehead atoms. The van der Waals surface area contributed by atoms with Crippen LogP contribution in [0.25, 0.3) is 0 Å².